The van der Waals surface area contributed by atoms with E-state index in [-0.39, 0.29) is 0 Å². The van der Waals surface area contributed by atoms with Crippen molar-refractivity contribution in [3.8, 4) is 0 Å². The molecule has 0 aromatic carbocycles. The molecule has 2 aliphatic heterocycles. The number of nitrogens with zero attached hydrogens (tertiary/aromatic N) is 3. The number of fused-ring (bicyclic) bond motifs is 1. The molecule has 3 aliphatic carbocycles. The zero-order valence-corrected chi connectivity index (χ0v) is 6.70. The average molecular weight is 159 g/mol. The molecule has 5 aliphatic rings. The Labute approximate surface area is 70.6 Å². The monoisotopic (exact) mass is 159 g/mol. The second-order valence-electron chi connectivity index (χ2n) is 3.99. The van der Waals surface area contributed by atoms with E-state index < -0.39 is 0 Å². The lowest BCUT2D eigenvalue weighted by Crippen LogP contribution is -2.29. The third-order valence-electron chi connectivity index (χ3n) is 3.32. The van der Waals surface area contributed by atoms with Crippen molar-refractivity contribution < 1.29 is 0 Å². The molecule has 1 fully saturated rings. The third-order valence-corrected chi connectivity index (χ3v) is 3.32. The summed E-state index contributed by atoms with van der Waals surface area (Å²) < 4.78 is 0. The van der Waals surface area contributed by atoms with E-state index in [4.69, 9.17) is 0 Å². The highest BCUT2D eigenvalue weighted by Crippen LogP contribution is 2.59. The molecule has 0 unspecified atom stereocenters. The minimum absolute atomic E-state index is 0.405. The summed E-state index contributed by atoms with van der Waals surface area (Å²) in [7, 11) is 0. The summed E-state index contributed by atoms with van der Waals surface area (Å²) in [4.78, 5) is 4.24. The van der Waals surface area contributed by atoms with Crippen LogP contribution in [0.4, 0.5) is 0 Å². The topological polar surface area (TPSA) is 18.8 Å². The Hall–Kier alpha value is -1.09. The fourth-order valence-electron chi connectivity index (χ4n) is 2.82. The molecule has 0 radical (unpaired) electrons. The van der Waals surface area contributed by atoms with Crippen molar-refractivity contribution in [1.29, 1.82) is 0 Å². The van der Waals surface area contributed by atoms with Gasteiger partial charge in [0, 0.05) is 12.0 Å². The number of aliphatic imine (C=N–C) groups is 1. The summed E-state index contributed by atoms with van der Waals surface area (Å²) in [6.07, 6.45) is 7.87. The molecule has 0 N–H and O–H groups in total. The molecule has 2 bridgehead atoms. The van der Waals surface area contributed by atoms with Crippen LogP contribution in [-0.2, 0) is 0 Å². The van der Waals surface area contributed by atoms with Crippen molar-refractivity contribution in [2.24, 2.45) is 10.4 Å². The Balaban J connectivity index is 1.94. The first-order valence-electron chi connectivity index (χ1n) is 4.36. The van der Waals surface area contributed by atoms with Gasteiger partial charge < -0.3 is 0 Å². The van der Waals surface area contributed by atoms with Gasteiger partial charge in [-0.2, -0.15) is 5.01 Å². The Kier molecular flexibility index (Phi) is 0.635. The van der Waals surface area contributed by atoms with Gasteiger partial charge in [0.2, 0.25) is 0 Å². The van der Waals surface area contributed by atoms with E-state index in [2.05, 4.69) is 27.2 Å². The Morgan fingerprint density at radius 3 is 3.42 bits per heavy atom. The lowest BCUT2D eigenvalue weighted by atomic mass is 9.74. The zero-order valence-electron chi connectivity index (χ0n) is 6.70. The molecule has 0 aromatic heterocycles. The normalized spacial score (nSPS) is 40.8. The molecule has 3 heteroatoms. The van der Waals surface area contributed by atoms with Crippen molar-refractivity contribution in [3.63, 3.8) is 0 Å². The summed E-state index contributed by atoms with van der Waals surface area (Å²) in [6.45, 7) is 1.99. The lowest BCUT2D eigenvalue weighted by Gasteiger charge is -2.32. The van der Waals surface area contributed by atoms with E-state index in [9.17, 15) is 0 Å². The van der Waals surface area contributed by atoms with Crippen molar-refractivity contribution >= 4 is 6.34 Å². The van der Waals surface area contributed by atoms with Gasteiger partial charge in [-0.05, 0) is 12.0 Å². The fraction of sp³-hybridized carbons (Fsp3) is 0.444. The second-order valence-corrected chi connectivity index (χ2v) is 3.99. The molecule has 1 spiro atoms. The van der Waals surface area contributed by atoms with Gasteiger partial charge >= 0.3 is 0 Å². The van der Waals surface area contributed by atoms with E-state index in [1.54, 1.807) is 0 Å². The summed E-state index contributed by atoms with van der Waals surface area (Å²) in [5.41, 5.74) is 3.43. The standard InChI is InChI=1S/C9H9N3/c1-2-9-3-7(1)8(9)12-6-10-5-11(12)4-9/h1-2,6H,3-5H2/t9-/m0/s1. The van der Waals surface area contributed by atoms with E-state index in [0.717, 1.165) is 13.2 Å². The van der Waals surface area contributed by atoms with Gasteiger partial charge in [-0.25, -0.2) is 0 Å². The molecule has 1 saturated heterocycles. The number of rotatable bonds is 0. The Bertz CT molecular complexity index is 366. The molecule has 5 rings (SSSR count). The van der Waals surface area contributed by atoms with Crippen LogP contribution >= 0.6 is 0 Å². The molecule has 0 saturated carbocycles. The van der Waals surface area contributed by atoms with Crippen molar-refractivity contribution in [2.45, 2.75) is 6.42 Å². The van der Waals surface area contributed by atoms with Crippen LogP contribution in [0.15, 0.2) is 28.4 Å². The first-order valence-corrected chi connectivity index (χ1v) is 4.36. The quantitative estimate of drug-likeness (QED) is 0.519. The number of hydrogen-bond donors (Lipinski definition) is 0. The van der Waals surface area contributed by atoms with E-state index in [1.807, 2.05) is 6.34 Å². The van der Waals surface area contributed by atoms with Crippen LogP contribution < -0.4 is 0 Å². The van der Waals surface area contributed by atoms with Crippen LogP contribution in [0.2, 0.25) is 0 Å². The smallest absolute Gasteiger partial charge is 0.111 e. The molecule has 2 heterocycles. The van der Waals surface area contributed by atoms with Crippen LogP contribution in [-0.4, -0.2) is 29.6 Å². The van der Waals surface area contributed by atoms with Gasteiger partial charge in [0.15, 0.2) is 0 Å². The van der Waals surface area contributed by atoms with E-state index >= 15 is 0 Å². The predicted octanol–water partition coefficient (Wildman–Crippen LogP) is 0.732. The average Bonchev–Trinajstić information content (AvgIpc) is 2.65. The number of hydrazine groups is 1. The molecule has 0 aromatic rings. The molecular weight excluding hydrogens is 150 g/mol. The van der Waals surface area contributed by atoms with Crippen LogP contribution in [0.25, 0.3) is 0 Å². The van der Waals surface area contributed by atoms with E-state index in [1.165, 1.54) is 17.7 Å². The first kappa shape index (κ1) is 5.54. The van der Waals surface area contributed by atoms with Crippen LogP contribution in [0, 0.1) is 5.41 Å². The summed E-state index contributed by atoms with van der Waals surface area (Å²) in [5, 5.41) is 4.55. The van der Waals surface area contributed by atoms with Gasteiger partial charge in [0.05, 0.1) is 5.70 Å². The maximum Gasteiger partial charge on any atom is 0.111 e. The van der Waals surface area contributed by atoms with Gasteiger partial charge in [0.1, 0.15) is 13.0 Å². The SMILES string of the molecule is C1=C[C@@]23CC1=C2N1C=NCN1C3. The highest BCUT2D eigenvalue weighted by molar-refractivity contribution is 5.67. The highest BCUT2D eigenvalue weighted by Gasteiger charge is 2.56. The predicted molar refractivity (Wildman–Crippen MR) is 45.1 cm³/mol. The van der Waals surface area contributed by atoms with Gasteiger partial charge in [-0.3, -0.25) is 10.0 Å². The molecular formula is C9H9N3. The minimum atomic E-state index is 0.405. The van der Waals surface area contributed by atoms with Gasteiger partial charge in [-0.1, -0.05) is 12.2 Å². The van der Waals surface area contributed by atoms with Crippen molar-refractivity contribution in [2.75, 3.05) is 13.2 Å². The maximum absolute atomic E-state index is 4.24. The summed E-state index contributed by atoms with van der Waals surface area (Å²) in [6, 6.07) is 0. The number of hydrogen-bond acceptors (Lipinski definition) is 3. The minimum Gasteiger partial charge on any atom is -0.265 e. The lowest BCUT2D eigenvalue weighted by molar-refractivity contribution is 0.157. The van der Waals surface area contributed by atoms with Crippen molar-refractivity contribution in [3.05, 3.63) is 23.4 Å². The summed E-state index contributed by atoms with van der Waals surface area (Å²) >= 11 is 0. The van der Waals surface area contributed by atoms with Gasteiger partial charge in [0.25, 0.3) is 0 Å². The molecule has 1 atom stereocenters. The Morgan fingerprint density at radius 2 is 2.50 bits per heavy atom. The van der Waals surface area contributed by atoms with Crippen LogP contribution in [0.5, 0.6) is 0 Å². The van der Waals surface area contributed by atoms with Crippen LogP contribution in [0.3, 0.4) is 0 Å². The zero-order chi connectivity index (χ0) is 7.76. The highest BCUT2D eigenvalue weighted by atomic mass is 15.7. The maximum atomic E-state index is 4.24. The fourth-order valence-corrected chi connectivity index (χ4v) is 2.82. The first-order chi connectivity index (χ1) is 5.89. The second kappa shape index (κ2) is 1.38. The van der Waals surface area contributed by atoms with E-state index in [0.29, 0.717) is 5.41 Å². The molecule has 0 amide bonds. The van der Waals surface area contributed by atoms with Crippen LogP contribution in [0.1, 0.15) is 6.42 Å². The third kappa shape index (κ3) is 0.368. The van der Waals surface area contributed by atoms with Crippen molar-refractivity contribution in [1.82, 2.24) is 10.0 Å². The molecule has 12 heavy (non-hydrogen) atoms. The molecule has 3 nitrogen and oxygen atoms in total. The molecule has 60 valence electrons. The summed E-state index contributed by atoms with van der Waals surface area (Å²) in [5.74, 6) is 0. The Morgan fingerprint density at radius 1 is 1.50 bits per heavy atom. The number of allylic oxidation sites excluding steroid dienone is 2. The van der Waals surface area contributed by atoms with Gasteiger partial charge in [-0.15, -0.1) is 0 Å². The largest absolute Gasteiger partial charge is 0.265 e.